The zero-order chi connectivity index (χ0) is 21.6. The largest absolute Gasteiger partial charge is 0.322 e. The Morgan fingerprint density at radius 2 is 1.73 bits per heavy atom. The summed E-state index contributed by atoms with van der Waals surface area (Å²) in [5, 5.41) is 11.9. The maximum atomic E-state index is 12.5. The third-order valence-corrected chi connectivity index (χ3v) is 5.71. The molecule has 0 aliphatic rings. The summed E-state index contributed by atoms with van der Waals surface area (Å²) in [4.78, 5) is 12.1. The van der Waals surface area contributed by atoms with E-state index >= 15 is 0 Å². The summed E-state index contributed by atoms with van der Waals surface area (Å²) < 4.78 is 27.5. The number of nitrogens with zero attached hydrogens (tertiary/aromatic N) is 1. The van der Waals surface area contributed by atoms with Gasteiger partial charge in [0.25, 0.3) is 10.0 Å². The highest BCUT2D eigenvalue weighted by atomic mass is 35.5. The second-order valence-electron chi connectivity index (χ2n) is 6.17. The highest BCUT2D eigenvalue weighted by molar-refractivity contribution is 7.92. The van der Waals surface area contributed by atoms with Crippen LogP contribution in [0.5, 0.6) is 0 Å². The van der Waals surface area contributed by atoms with Gasteiger partial charge in [0.2, 0.25) is 5.91 Å². The molecule has 0 atom stereocenters. The average Bonchev–Trinajstić information content (AvgIpc) is 2.74. The molecule has 0 bridgehead atoms. The number of hydrogen-bond donors (Lipinski definition) is 2. The van der Waals surface area contributed by atoms with Crippen molar-refractivity contribution in [3.63, 3.8) is 0 Å². The molecule has 0 aliphatic carbocycles. The number of hydrogen-bond acceptors (Lipinski definition) is 4. The van der Waals surface area contributed by atoms with Crippen LogP contribution in [0.2, 0.25) is 5.02 Å². The Balaban J connectivity index is 1.67. The summed E-state index contributed by atoms with van der Waals surface area (Å²) in [6.45, 7) is 0. The first-order valence-corrected chi connectivity index (χ1v) is 10.6. The van der Waals surface area contributed by atoms with Crippen LogP contribution in [-0.4, -0.2) is 14.3 Å². The predicted molar refractivity (Wildman–Crippen MR) is 118 cm³/mol. The fourth-order valence-electron chi connectivity index (χ4n) is 2.53. The minimum absolute atomic E-state index is 0.0670. The van der Waals surface area contributed by atoms with Crippen molar-refractivity contribution in [3.8, 4) is 6.07 Å². The number of sulfonamides is 1. The normalized spacial score (nSPS) is 11.1. The minimum Gasteiger partial charge on any atom is -0.322 e. The molecular weight excluding hydrogens is 422 g/mol. The Bertz CT molecular complexity index is 1250. The van der Waals surface area contributed by atoms with Crippen LogP contribution < -0.4 is 10.0 Å². The second-order valence-corrected chi connectivity index (χ2v) is 8.26. The van der Waals surface area contributed by atoms with Crippen LogP contribution in [0.25, 0.3) is 6.08 Å². The van der Waals surface area contributed by atoms with Crippen molar-refractivity contribution < 1.29 is 13.2 Å². The zero-order valence-corrected chi connectivity index (χ0v) is 17.1. The van der Waals surface area contributed by atoms with Crippen molar-refractivity contribution in [1.82, 2.24) is 0 Å². The number of benzene rings is 3. The molecule has 0 aromatic heterocycles. The number of carbonyl (C=O) groups is 1. The summed E-state index contributed by atoms with van der Waals surface area (Å²) in [6, 6.07) is 21.2. The van der Waals surface area contributed by atoms with Gasteiger partial charge in [0.15, 0.2) is 0 Å². The molecule has 3 rings (SSSR count). The standard InChI is InChI=1S/C22H16ClN3O3S/c23-20-6-1-2-7-21(20)26-30(28,29)19-11-8-16(9-12-19)10-13-22(27)25-18-5-3-4-17(14-18)15-24/h1-14,26H,(H,25,27). The van der Waals surface area contributed by atoms with Gasteiger partial charge in [-0.25, -0.2) is 8.42 Å². The molecule has 0 heterocycles. The van der Waals surface area contributed by atoms with E-state index in [1.54, 1.807) is 66.7 Å². The van der Waals surface area contributed by atoms with Gasteiger partial charge in [-0.15, -0.1) is 0 Å². The lowest BCUT2D eigenvalue weighted by Gasteiger charge is -2.09. The SMILES string of the molecule is N#Cc1cccc(NC(=O)C=Cc2ccc(S(=O)(=O)Nc3ccccc3Cl)cc2)c1. The van der Waals surface area contributed by atoms with Crippen molar-refractivity contribution in [1.29, 1.82) is 5.26 Å². The molecule has 3 aromatic carbocycles. The van der Waals surface area contributed by atoms with Crippen LogP contribution in [0.15, 0.2) is 83.8 Å². The van der Waals surface area contributed by atoms with Gasteiger partial charge in [-0.2, -0.15) is 5.26 Å². The number of amides is 1. The molecule has 8 heteroatoms. The van der Waals surface area contributed by atoms with Crippen LogP contribution in [0, 0.1) is 11.3 Å². The average molecular weight is 438 g/mol. The molecule has 150 valence electrons. The molecule has 0 aliphatic heterocycles. The van der Waals surface area contributed by atoms with Crippen molar-refractivity contribution >= 4 is 45.0 Å². The first kappa shape index (κ1) is 21.1. The Hall–Kier alpha value is -3.60. The first-order valence-electron chi connectivity index (χ1n) is 8.74. The summed E-state index contributed by atoms with van der Waals surface area (Å²) >= 11 is 6.00. The molecule has 0 radical (unpaired) electrons. The molecule has 2 N–H and O–H groups in total. The number of carbonyl (C=O) groups excluding carboxylic acids is 1. The monoisotopic (exact) mass is 437 g/mol. The lowest BCUT2D eigenvalue weighted by molar-refractivity contribution is -0.111. The molecule has 0 fully saturated rings. The van der Waals surface area contributed by atoms with Gasteiger partial charge >= 0.3 is 0 Å². The lowest BCUT2D eigenvalue weighted by atomic mass is 10.2. The van der Waals surface area contributed by atoms with E-state index in [9.17, 15) is 13.2 Å². The van der Waals surface area contributed by atoms with Crippen molar-refractivity contribution in [2.75, 3.05) is 10.0 Å². The molecule has 0 unspecified atom stereocenters. The summed E-state index contributed by atoms with van der Waals surface area (Å²) in [7, 11) is -3.80. The maximum Gasteiger partial charge on any atom is 0.261 e. The van der Waals surface area contributed by atoms with Gasteiger partial charge in [-0.1, -0.05) is 41.9 Å². The van der Waals surface area contributed by atoms with Gasteiger partial charge in [-0.05, 0) is 54.1 Å². The summed E-state index contributed by atoms with van der Waals surface area (Å²) in [5.74, 6) is -0.373. The minimum atomic E-state index is -3.80. The highest BCUT2D eigenvalue weighted by Gasteiger charge is 2.15. The number of nitriles is 1. The molecule has 3 aromatic rings. The number of para-hydroxylation sites is 1. The third kappa shape index (κ3) is 5.47. The van der Waals surface area contributed by atoms with E-state index in [1.165, 1.54) is 18.2 Å². The Morgan fingerprint density at radius 1 is 1.00 bits per heavy atom. The van der Waals surface area contributed by atoms with E-state index in [-0.39, 0.29) is 10.8 Å². The van der Waals surface area contributed by atoms with E-state index in [4.69, 9.17) is 16.9 Å². The number of rotatable bonds is 6. The molecule has 0 spiro atoms. The smallest absolute Gasteiger partial charge is 0.261 e. The summed E-state index contributed by atoms with van der Waals surface area (Å²) in [5.41, 5.74) is 1.89. The number of nitrogens with one attached hydrogen (secondary N) is 2. The topological polar surface area (TPSA) is 99.1 Å². The van der Waals surface area contributed by atoms with Crippen molar-refractivity contribution in [2.24, 2.45) is 0 Å². The molecule has 0 saturated carbocycles. The van der Waals surface area contributed by atoms with Crippen LogP contribution >= 0.6 is 11.6 Å². The van der Waals surface area contributed by atoms with Crippen molar-refractivity contribution in [2.45, 2.75) is 4.90 Å². The van der Waals surface area contributed by atoms with Gasteiger partial charge in [0.1, 0.15) is 0 Å². The first-order chi connectivity index (χ1) is 14.4. The maximum absolute atomic E-state index is 12.5. The second kappa shape index (κ2) is 9.27. The van der Waals surface area contributed by atoms with E-state index < -0.39 is 10.0 Å². The molecule has 6 nitrogen and oxygen atoms in total. The highest BCUT2D eigenvalue weighted by Crippen LogP contribution is 2.24. The molecule has 0 saturated heterocycles. The quantitative estimate of drug-likeness (QED) is 0.547. The van der Waals surface area contributed by atoms with Crippen molar-refractivity contribution in [3.05, 3.63) is 95.0 Å². The van der Waals surface area contributed by atoms with Crippen LogP contribution in [0.1, 0.15) is 11.1 Å². The Labute approximate surface area is 179 Å². The molecular formula is C22H16ClN3O3S. The third-order valence-electron chi connectivity index (χ3n) is 3.99. The van der Waals surface area contributed by atoms with Crippen LogP contribution in [-0.2, 0) is 14.8 Å². The Kier molecular flexibility index (Phi) is 6.52. The fraction of sp³-hybridized carbons (Fsp3) is 0. The Morgan fingerprint density at radius 3 is 2.43 bits per heavy atom. The van der Waals surface area contributed by atoms with Crippen LogP contribution in [0.3, 0.4) is 0 Å². The van der Waals surface area contributed by atoms with E-state index in [1.807, 2.05) is 6.07 Å². The zero-order valence-electron chi connectivity index (χ0n) is 15.5. The predicted octanol–water partition coefficient (Wildman–Crippen LogP) is 4.66. The van der Waals surface area contributed by atoms with Crippen LogP contribution in [0.4, 0.5) is 11.4 Å². The van der Waals surface area contributed by atoms with Gasteiger partial charge in [0.05, 0.1) is 27.2 Å². The lowest BCUT2D eigenvalue weighted by Crippen LogP contribution is -2.13. The number of anilines is 2. The van der Waals surface area contributed by atoms with Gasteiger partial charge in [0, 0.05) is 11.8 Å². The molecule has 30 heavy (non-hydrogen) atoms. The molecule has 1 amide bonds. The van der Waals surface area contributed by atoms with E-state index in [0.717, 1.165) is 0 Å². The van der Waals surface area contributed by atoms with E-state index in [0.29, 0.717) is 27.5 Å². The van der Waals surface area contributed by atoms with E-state index in [2.05, 4.69) is 10.0 Å². The number of halogens is 1. The fourth-order valence-corrected chi connectivity index (χ4v) is 3.85. The van der Waals surface area contributed by atoms with Gasteiger partial charge < -0.3 is 5.32 Å². The van der Waals surface area contributed by atoms with Gasteiger partial charge in [-0.3, -0.25) is 9.52 Å². The summed E-state index contributed by atoms with van der Waals surface area (Å²) in [6.07, 6.45) is 2.88.